The number of ether oxygens (including phenoxy) is 1. The number of thiophene rings is 1. The van der Waals surface area contributed by atoms with E-state index < -0.39 is 0 Å². The highest BCUT2D eigenvalue weighted by molar-refractivity contribution is 9.10. The van der Waals surface area contributed by atoms with Crippen molar-refractivity contribution in [2.24, 2.45) is 0 Å². The van der Waals surface area contributed by atoms with E-state index in [1.165, 1.54) is 10.4 Å². The first-order valence-electron chi connectivity index (χ1n) is 6.43. The summed E-state index contributed by atoms with van der Waals surface area (Å²) in [5.41, 5.74) is 1.25. The number of hydrogen-bond donors (Lipinski definition) is 1. The maximum Gasteiger partial charge on any atom is 0.119 e. The molecule has 1 N–H and O–H groups in total. The molecule has 1 atom stereocenters. The fraction of sp³-hybridized carbons (Fsp3) is 0.333. The lowest BCUT2D eigenvalue weighted by Gasteiger charge is -2.18. The van der Waals surface area contributed by atoms with Gasteiger partial charge in [0, 0.05) is 25.2 Å². The second kappa shape index (κ2) is 7.59. The molecule has 1 unspecified atom stereocenters. The molecule has 108 valence electrons. The summed E-state index contributed by atoms with van der Waals surface area (Å²) in [6.07, 6.45) is 0.929. The molecule has 5 heteroatoms. The van der Waals surface area contributed by atoms with Crippen molar-refractivity contribution in [3.63, 3.8) is 0 Å². The molecular weight excluding hydrogens is 402 g/mol. The normalized spacial score (nSPS) is 12.4. The first kappa shape index (κ1) is 16.0. The van der Waals surface area contributed by atoms with E-state index in [0.717, 1.165) is 27.7 Å². The fourth-order valence-corrected chi connectivity index (χ4v) is 4.01. The van der Waals surface area contributed by atoms with Gasteiger partial charge in [-0.1, -0.05) is 22.9 Å². The summed E-state index contributed by atoms with van der Waals surface area (Å²) in [6, 6.07) is 8.61. The zero-order valence-electron chi connectivity index (χ0n) is 11.5. The van der Waals surface area contributed by atoms with Gasteiger partial charge in [-0.05, 0) is 58.7 Å². The van der Waals surface area contributed by atoms with E-state index in [-0.39, 0.29) is 0 Å². The van der Waals surface area contributed by atoms with Crippen molar-refractivity contribution in [1.29, 1.82) is 0 Å². The maximum atomic E-state index is 5.32. The molecule has 1 heterocycles. The second-order valence-electron chi connectivity index (χ2n) is 4.44. The number of likely N-dealkylation sites (N-methyl/N-ethyl adjacent to an activating group) is 1. The molecule has 0 fully saturated rings. The first-order valence-corrected chi connectivity index (χ1v) is 8.90. The van der Waals surface area contributed by atoms with Gasteiger partial charge in [0.25, 0.3) is 0 Å². The van der Waals surface area contributed by atoms with Crippen molar-refractivity contribution in [2.75, 3.05) is 13.7 Å². The van der Waals surface area contributed by atoms with E-state index in [1.54, 1.807) is 18.4 Å². The third-order valence-corrected chi connectivity index (χ3v) is 5.64. The zero-order valence-corrected chi connectivity index (χ0v) is 15.4. The summed E-state index contributed by atoms with van der Waals surface area (Å²) in [6.45, 7) is 3.08. The standard InChI is InChI=1S/C15H17Br2NOS/c1-3-18-14(15-8-11(16)9-20-15)7-10-6-12(19-2)4-5-13(10)17/h4-6,8-9,14,18H,3,7H2,1-2H3. The number of hydrogen-bond acceptors (Lipinski definition) is 3. The van der Waals surface area contributed by atoms with Gasteiger partial charge < -0.3 is 10.1 Å². The van der Waals surface area contributed by atoms with Gasteiger partial charge in [0.2, 0.25) is 0 Å². The van der Waals surface area contributed by atoms with Gasteiger partial charge in [-0.15, -0.1) is 11.3 Å². The van der Waals surface area contributed by atoms with E-state index >= 15 is 0 Å². The van der Waals surface area contributed by atoms with Crippen LogP contribution >= 0.6 is 43.2 Å². The van der Waals surface area contributed by atoms with Crippen LogP contribution < -0.4 is 10.1 Å². The van der Waals surface area contributed by atoms with Crippen LogP contribution in [0, 0.1) is 0 Å². The van der Waals surface area contributed by atoms with Gasteiger partial charge >= 0.3 is 0 Å². The van der Waals surface area contributed by atoms with Gasteiger partial charge in [-0.25, -0.2) is 0 Å². The molecule has 0 amide bonds. The molecule has 0 aliphatic rings. The fourth-order valence-electron chi connectivity index (χ4n) is 2.09. The number of benzene rings is 1. The Morgan fingerprint density at radius 3 is 2.70 bits per heavy atom. The van der Waals surface area contributed by atoms with Crippen LogP contribution in [0.15, 0.2) is 38.6 Å². The average molecular weight is 419 g/mol. The molecule has 2 rings (SSSR count). The highest BCUT2D eigenvalue weighted by Gasteiger charge is 2.15. The quantitative estimate of drug-likeness (QED) is 0.698. The molecule has 0 saturated carbocycles. The van der Waals surface area contributed by atoms with Crippen molar-refractivity contribution < 1.29 is 4.74 Å². The molecule has 1 aromatic carbocycles. The number of halogens is 2. The van der Waals surface area contributed by atoms with E-state index in [1.807, 2.05) is 12.1 Å². The number of methoxy groups -OCH3 is 1. The Kier molecular flexibility index (Phi) is 6.08. The summed E-state index contributed by atoms with van der Waals surface area (Å²) >= 11 is 8.93. The summed E-state index contributed by atoms with van der Waals surface area (Å²) in [5.74, 6) is 0.894. The van der Waals surface area contributed by atoms with Gasteiger partial charge in [0.05, 0.1) is 7.11 Å². The third-order valence-electron chi connectivity index (χ3n) is 3.06. The summed E-state index contributed by atoms with van der Waals surface area (Å²) in [5, 5.41) is 5.68. The van der Waals surface area contributed by atoms with Crippen LogP contribution in [-0.2, 0) is 6.42 Å². The van der Waals surface area contributed by atoms with Crippen molar-refractivity contribution in [3.05, 3.63) is 49.0 Å². The van der Waals surface area contributed by atoms with Crippen molar-refractivity contribution >= 4 is 43.2 Å². The lowest BCUT2D eigenvalue weighted by molar-refractivity contribution is 0.413. The zero-order chi connectivity index (χ0) is 14.5. The smallest absolute Gasteiger partial charge is 0.119 e. The van der Waals surface area contributed by atoms with Crippen LogP contribution in [0.3, 0.4) is 0 Å². The second-order valence-corrected chi connectivity index (χ2v) is 7.15. The monoisotopic (exact) mass is 417 g/mol. The van der Waals surface area contributed by atoms with Crippen molar-refractivity contribution in [2.45, 2.75) is 19.4 Å². The Labute approximate surface area is 140 Å². The van der Waals surface area contributed by atoms with Crippen LogP contribution in [0.5, 0.6) is 5.75 Å². The van der Waals surface area contributed by atoms with Crippen LogP contribution in [-0.4, -0.2) is 13.7 Å². The van der Waals surface area contributed by atoms with Gasteiger partial charge in [0.15, 0.2) is 0 Å². The summed E-state index contributed by atoms with van der Waals surface area (Å²) in [7, 11) is 1.70. The summed E-state index contributed by atoms with van der Waals surface area (Å²) in [4.78, 5) is 1.34. The molecule has 20 heavy (non-hydrogen) atoms. The first-order chi connectivity index (χ1) is 9.63. The lowest BCUT2D eigenvalue weighted by Crippen LogP contribution is -2.22. The van der Waals surface area contributed by atoms with E-state index in [9.17, 15) is 0 Å². The topological polar surface area (TPSA) is 21.3 Å². The van der Waals surface area contributed by atoms with Crippen LogP contribution in [0.25, 0.3) is 0 Å². The lowest BCUT2D eigenvalue weighted by atomic mass is 10.0. The van der Waals surface area contributed by atoms with E-state index in [0.29, 0.717) is 6.04 Å². The minimum atomic E-state index is 0.319. The van der Waals surface area contributed by atoms with Gasteiger partial charge in [0.1, 0.15) is 5.75 Å². The molecule has 0 spiro atoms. The average Bonchev–Trinajstić information content (AvgIpc) is 2.87. The van der Waals surface area contributed by atoms with Crippen LogP contribution in [0.1, 0.15) is 23.4 Å². The molecule has 1 aromatic heterocycles. The maximum absolute atomic E-state index is 5.32. The van der Waals surface area contributed by atoms with Crippen LogP contribution in [0.2, 0.25) is 0 Å². The Hall–Kier alpha value is -0.360. The van der Waals surface area contributed by atoms with Crippen molar-refractivity contribution in [3.8, 4) is 5.75 Å². The SMILES string of the molecule is CCNC(Cc1cc(OC)ccc1Br)c1cc(Br)cs1. The Balaban J connectivity index is 2.23. The number of rotatable bonds is 6. The predicted octanol–water partition coefficient (Wildman–Crippen LogP) is 5.18. The van der Waals surface area contributed by atoms with Crippen LogP contribution in [0.4, 0.5) is 0 Å². The molecule has 0 saturated heterocycles. The molecule has 2 aromatic rings. The number of nitrogens with one attached hydrogen (secondary N) is 1. The van der Waals surface area contributed by atoms with E-state index in [2.05, 4.69) is 61.6 Å². The third kappa shape index (κ3) is 4.07. The highest BCUT2D eigenvalue weighted by atomic mass is 79.9. The molecule has 0 aliphatic carbocycles. The van der Waals surface area contributed by atoms with E-state index in [4.69, 9.17) is 4.74 Å². The van der Waals surface area contributed by atoms with Gasteiger partial charge in [-0.2, -0.15) is 0 Å². The minimum Gasteiger partial charge on any atom is -0.497 e. The summed E-state index contributed by atoms with van der Waals surface area (Å²) < 4.78 is 7.58. The predicted molar refractivity (Wildman–Crippen MR) is 92.8 cm³/mol. The largest absolute Gasteiger partial charge is 0.497 e. The Bertz CT molecular complexity index is 571. The van der Waals surface area contributed by atoms with Gasteiger partial charge in [-0.3, -0.25) is 0 Å². The molecule has 0 aliphatic heterocycles. The molecular formula is C15H17Br2NOS. The molecule has 0 radical (unpaired) electrons. The Morgan fingerprint density at radius 2 is 2.10 bits per heavy atom. The molecule has 2 nitrogen and oxygen atoms in total. The van der Waals surface area contributed by atoms with Crippen molar-refractivity contribution in [1.82, 2.24) is 5.32 Å². The minimum absolute atomic E-state index is 0.319. The highest BCUT2D eigenvalue weighted by Crippen LogP contribution is 2.31. The Morgan fingerprint density at radius 1 is 1.30 bits per heavy atom. The molecule has 0 bridgehead atoms.